The van der Waals surface area contributed by atoms with Crippen LogP contribution < -0.4 is 0 Å². The molecular weight excluding hydrogens is 291 g/mol. The van der Waals surface area contributed by atoms with Crippen LogP contribution in [0.3, 0.4) is 0 Å². The molecule has 0 unspecified atom stereocenters. The lowest BCUT2D eigenvalue weighted by Crippen LogP contribution is -2.02. The van der Waals surface area contributed by atoms with Gasteiger partial charge in [-0.05, 0) is 42.6 Å². The lowest BCUT2D eigenvalue weighted by Gasteiger charge is -2.07. The summed E-state index contributed by atoms with van der Waals surface area (Å²) in [5.41, 5.74) is 1.73. The molecule has 3 rings (SSSR count). The van der Waals surface area contributed by atoms with E-state index in [1.807, 2.05) is 17.5 Å². The second kappa shape index (κ2) is 5.14. The standard InChI is InChI=1S/C15H11FN2O2S/c1-9-13(15(19)20)14(12-3-2-8-21-12)18(17-9)11-6-4-10(16)5-7-11/h2-8H,1H3,(H,19,20). The van der Waals surface area contributed by atoms with E-state index in [1.54, 1.807) is 23.7 Å². The van der Waals surface area contributed by atoms with Gasteiger partial charge in [0, 0.05) is 0 Å². The maximum absolute atomic E-state index is 13.1. The number of aryl methyl sites for hydroxylation is 1. The average molecular weight is 302 g/mol. The van der Waals surface area contributed by atoms with Gasteiger partial charge in [0.05, 0.1) is 22.0 Å². The predicted molar refractivity (Wildman–Crippen MR) is 78.5 cm³/mol. The first-order chi connectivity index (χ1) is 10.1. The molecule has 0 radical (unpaired) electrons. The summed E-state index contributed by atoms with van der Waals surface area (Å²) < 4.78 is 14.6. The van der Waals surface area contributed by atoms with Crippen LogP contribution in [0.4, 0.5) is 4.39 Å². The summed E-state index contributed by atoms with van der Waals surface area (Å²) in [6, 6.07) is 9.49. The summed E-state index contributed by atoms with van der Waals surface area (Å²) in [6.07, 6.45) is 0. The molecule has 2 aromatic heterocycles. The predicted octanol–water partition coefficient (Wildman–Crippen LogP) is 3.75. The van der Waals surface area contributed by atoms with E-state index in [0.29, 0.717) is 17.1 Å². The number of carboxylic acid groups (broad SMARTS) is 1. The van der Waals surface area contributed by atoms with E-state index in [2.05, 4.69) is 5.10 Å². The van der Waals surface area contributed by atoms with Crippen molar-refractivity contribution in [3.05, 3.63) is 58.9 Å². The Labute approximate surface area is 124 Å². The summed E-state index contributed by atoms with van der Waals surface area (Å²) in [4.78, 5) is 12.3. The number of thiophene rings is 1. The molecule has 106 valence electrons. The first kappa shape index (κ1) is 13.5. The normalized spacial score (nSPS) is 10.8. The van der Waals surface area contributed by atoms with Gasteiger partial charge in [0.2, 0.25) is 0 Å². The van der Waals surface area contributed by atoms with Crippen molar-refractivity contribution in [1.82, 2.24) is 9.78 Å². The number of aromatic carboxylic acids is 1. The Bertz CT molecular complexity index is 792. The minimum atomic E-state index is -1.02. The molecule has 0 aliphatic rings. The highest BCUT2D eigenvalue weighted by Gasteiger charge is 2.23. The number of rotatable bonds is 3. The molecule has 0 aliphatic carbocycles. The van der Waals surface area contributed by atoms with Crippen LogP contribution in [0.25, 0.3) is 16.3 Å². The fraction of sp³-hybridized carbons (Fsp3) is 0.0667. The molecule has 2 heterocycles. The molecule has 4 nitrogen and oxygen atoms in total. The quantitative estimate of drug-likeness (QED) is 0.801. The van der Waals surface area contributed by atoms with Crippen molar-refractivity contribution in [2.75, 3.05) is 0 Å². The number of halogens is 1. The highest BCUT2D eigenvalue weighted by molar-refractivity contribution is 7.13. The van der Waals surface area contributed by atoms with Crippen molar-refractivity contribution in [2.24, 2.45) is 0 Å². The maximum atomic E-state index is 13.1. The van der Waals surface area contributed by atoms with E-state index in [4.69, 9.17) is 0 Å². The zero-order chi connectivity index (χ0) is 15.0. The Morgan fingerprint density at radius 3 is 2.57 bits per heavy atom. The van der Waals surface area contributed by atoms with E-state index in [1.165, 1.54) is 23.5 Å². The molecule has 0 bridgehead atoms. The molecule has 21 heavy (non-hydrogen) atoms. The van der Waals surface area contributed by atoms with Crippen LogP contribution in [0.5, 0.6) is 0 Å². The molecule has 0 fully saturated rings. The van der Waals surface area contributed by atoms with Gasteiger partial charge in [-0.25, -0.2) is 13.9 Å². The van der Waals surface area contributed by atoms with Crippen LogP contribution in [-0.4, -0.2) is 20.9 Å². The van der Waals surface area contributed by atoms with Gasteiger partial charge in [0.15, 0.2) is 0 Å². The Kier molecular flexibility index (Phi) is 3.31. The van der Waals surface area contributed by atoms with Crippen LogP contribution in [0.1, 0.15) is 16.1 Å². The zero-order valence-electron chi connectivity index (χ0n) is 11.1. The minimum absolute atomic E-state index is 0.168. The second-order valence-electron chi connectivity index (χ2n) is 4.48. The van der Waals surface area contributed by atoms with Gasteiger partial charge < -0.3 is 5.11 Å². The third kappa shape index (κ3) is 2.34. The molecular formula is C15H11FN2O2S. The molecule has 0 saturated carbocycles. The number of hydrogen-bond donors (Lipinski definition) is 1. The van der Waals surface area contributed by atoms with Gasteiger partial charge in [-0.2, -0.15) is 5.10 Å². The molecule has 3 aromatic rings. The van der Waals surface area contributed by atoms with Gasteiger partial charge in [-0.15, -0.1) is 11.3 Å². The molecule has 0 spiro atoms. The minimum Gasteiger partial charge on any atom is -0.478 e. The third-order valence-corrected chi connectivity index (χ3v) is 3.98. The summed E-state index contributed by atoms with van der Waals surface area (Å²) in [5, 5.41) is 15.6. The van der Waals surface area contributed by atoms with Crippen molar-refractivity contribution in [2.45, 2.75) is 6.92 Å². The van der Waals surface area contributed by atoms with Gasteiger partial charge in [-0.3, -0.25) is 0 Å². The number of carbonyl (C=O) groups is 1. The first-order valence-electron chi connectivity index (χ1n) is 6.20. The van der Waals surface area contributed by atoms with Gasteiger partial charge in [0.1, 0.15) is 11.4 Å². The zero-order valence-corrected chi connectivity index (χ0v) is 11.9. The third-order valence-electron chi connectivity index (χ3n) is 3.10. The van der Waals surface area contributed by atoms with Gasteiger partial charge in [0.25, 0.3) is 0 Å². The molecule has 0 atom stereocenters. The van der Waals surface area contributed by atoms with Gasteiger partial charge in [-0.1, -0.05) is 6.07 Å². The van der Waals surface area contributed by atoms with E-state index >= 15 is 0 Å². The van der Waals surface area contributed by atoms with Crippen molar-refractivity contribution in [3.63, 3.8) is 0 Å². The van der Waals surface area contributed by atoms with Crippen LogP contribution >= 0.6 is 11.3 Å². The van der Waals surface area contributed by atoms with E-state index in [9.17, 15) is 14.3 Å². The van der Waals surface area contributed by atoms with Crippen LogP contribution in [0.15, 0.2) is 41.8 Å². The van der Waals surface area contributed by atoms with Crippen LogP contribution in [-0.2, 0) is 0 Å². The van der Waals surface area contributed by atoms with Crippen molar-refractivity contribution >= 4 is 17.3 Å². The highest BCUT2D eigenvalue weighted by Crippen LogP contribution is 2.32. The summed E-state index contributed by atoms with van der Waals surface area (Å²) in [7, 11) is 0. The molecule has 6 heteroatoms. The fourth-order valence-electron chi connectivity index (χ4n) is 2.19. The monoisotopic (exact) mass is 302 g/mol. The smallest absolute Gasteiger partial charge is 0.339 e. The highest BCUT2D eigenvalue weighted by atomic mass is 32.1. The van der Waals surface area contributed by atoms with Crippen molar-refractivity contribution in [3.8, 4) is 16.3 Å². The summed E-state index contributed by atoms with van der Waals surface area (Å²) >= 11 is 1.43. The number of hydrogen-bond acceptors (Lipinski definition) is 3. The van der Waals surface area contributed by atoms with Crippen molar-refractivity contribution < 1.29 is 14.3 Å². The SMILES string of the molecule is Cc1nn(-c2ccc(F)cc2)c(-c2cccs2)c1C(=O)O. The molecule has 1 N–H and O–H groups in total. The van der Waals surface area contributed by atoms with Crippen LogP contribution in [0.2, 0.25) is 0 Å². The largest absolute Gasteiger partial charge is 0.478 e. The number of benzene rings is 1. The Balaban J connectivity index is 2.28. The van der Waals surface area contributed by atoms with E-state index in [0.717, 1.165) is 4.88 Å². The topological polar surface area (TPSA) is 55.1 Å². The Morgan fingerprint density at radius 2 is 2.00 bits per heavy atom. The summed E-state index contributed by atoms with van der Waals surface area (Å²) in [6.45, 7) is 1.65. The molecule has 1 aromatic carbocycles. The number of nitrogens with zero attached hydrogens (tertiary/aromatic N) is 2. The van der Waals surface area contributed by atoms with E-state index in [-0.39, 0.29) is 11.4 Å². The Morgan fingerprint density at radius 1 is 1.29 bits per heavy atom. The second-order valence-corrected chi connectivity index (χ2v) is 5.43. The van der Waals surface area contributed by atoms with Crippen LogP contribution in [0, 0.1) is 12.7 Å². The first-order valence-corrected chi connectivity index (χ1v) is 7.08. The lowest BCUT2D eigenvalue weighted by atomic mass is 10.1. The summed E-state index contributed by atoms with van der Waals surface area (Å²) in [5.74, 6) is -1.37. The average Bonchev–Trinajstić information content (AvgIpc) is 3.06. The van der Waals surface area contributed by atoms with E-state index < -0.39 is 5.97 Å². The molecule has 0 aliphatic heterocycles. The number of aromatic nitrogens is 2. The van der Waals surface area contributed by atoms with Gasteiger partial charge >= 0.3 is 5.97 Å². The molecule has 0 amide bonds. The van der Waals surface area contributed by atoms with Crippen molar-refractivity contribution in [1.29, 1.82) is 0 Å². The Hall–Kier alpha value is -2.47. The maximum Gasteiger partial charge on any atom is 0.339 e. The fourth-order valence-corrected chi connectivity index (χ4v) is 2.95. The lowest BCUT2D eigenvalue weighted by molar-refractivity contribution is 0.0697. The number of carboxylic acids is 1. The molecule has 0 saturated heterocycles.